The molecule has 0 aromatic heterocycles. The van der Waals surface area contributed by atoms with Crippen LogP contribution in [0.3, 0.4) is 0 Å². The molecule has 1 saturated carbocycles. The molecule has 0 spiro atoms. The van der Waals surface area contributed by atoms with E-state index in [1.807, 2.05) is 0 Å². The first-order valence-electron chi connectivity index (χ1n) is 6.88. The van der Waals surface area contributed by atoms with E-state index in [2.05, 4.69) is 5.32 Å². The van der Waals surface area contributed by atoms with Crippen LogP contribution >= 0.6 is 0 Å². The van der Waals surface area contributed by atoms with Gasteiger partial charge in [-0.3, -0.25) is 4.79 Å². The molecule has 2 aliphatic rings. The summed E-state index contributed by atoms with van der Waals surface area (Å²) >= 11 is 0. The maximum atomic E-state index is 11.7. The first-order valence-corrected chi connectivity index (χ1v) is 6.88. The highest BCUT2D eigenvalue weighted by atomic mass is 16.5. The Balaban J connectivity index is 1.59. The molecule has 1 atom stereocenters. The zero-order valence-electron chi connectivity index (χ0n) is 10.5. The van der Waals surface area contributed by atoms with E-state index in [-0.39, 0.29) is 12.0 Å². The average molecular weight is 240 g/mol. The number of carbonyl (C=O) groups is 1. The van der Waals surface area contributed by atoms with Gasteiger partial charge in [0.05, 0.1) is 12.5 Å². The van der Waals surface area contributed by atoms with E-state index in [1.54, 1.807) is 0 Å². The molecule has 2 fully saturated rings. The standard InChI is InChI=1S/C13H24N2O2/c14-11-5-3-10(4-6-11)9-15-13(16)8-12-2-1-7-17-12/h10-12H,1-9,14H2,(H,15,16). The number of hydrogen-bond acceptors (Lipinski definition) is 3. The van der Waals surface area contributed by atoms with Crippen LogP contribution in [0.15, 0.2) is 0 Å². The molecule has 1 saturated heterocycles. The monoisotopic (exact) mass is 240 g/mol. The van der Waals surface area contributed by atoms with Gasteiger partial charge < -0.3 is 15.8 Å². The molecule has 1 unspecified atom stereocenters. The van der Waals surface area contributed by atoms with Crippen LogP contribution in [0, 0.1) is 5.92 Å². The molecule has 1 amide bonds. The number of nitrogens with one attached hydrogen (secondary N) is 1. The van der Waals surface area contributed by atoms with Crippen molar-refractivity contribution in [2.75, 3.05) is 13.2 Å². The van der Waals surface area contributed by atoms with E-state index >= 15 is 0 Å². The zero-order chi connectivity index (χ0) is 12.1. The second-order valence-corrected chi connectivity index (χ2v) is 5.42. The third-order valence-corrected chi connectivity index (χ3v) is 3.92. The summed E-state index contributed by atoms with van der Waals surface area (Å²) in [4.78, 5) is 11.7. The van der Waals surface area contributed by atoms with E-state index in [0.717, 1.165) is 51.7 Å². The van der Waals surface area contributed by atoms with Gasteiger partial charge in [0, 0.05) is 19.2 Å². The Morgan fingerprint density at radius 3 is 2.65 bits per heavy atom. The fourth-order valence-electron chi connectivity index (χ4n) is 2.73. The molecule has 4 nitrogen and oxygen atoms in total. The van der Waals surface area contributed by atoms with Gasteiger partial charge in [0.25, 0.3) is 0 Å². The number of rotatable bonds is 4. The van der Waals surface area contributed by atoms with Crippen molar-refractivity contribution in [3.8, 4) is 0 Å². The van der Waals surface area contributed by atoms with Crippen LogP contribution in [0.1, 0.15) is 44.9 Å². The molecule has 98 valence electrons. The molecular formula is C13H24N2O2. The Bertz CT molecular complexity index is 244. The van der Waals surface area contributed by atoms with Crippen molar-refractivity contribution >= 4 is 5.91 Å². The predicted octanol–water partition coefficient (Wildman–Crippen LogP) is 1.19. The summed E-state index contributed by atoms with van der Waals surface area (Å²) < 4.78 is 5.45. The number of ether oxygens (including phenoxy) is 1. The lowest BCUT2D eigenvalue weighted by molar-refractivity contribution is -0.123. The van der Waals surface area contributed by atoms with Gasteiger partial charge in [0.2, 0.25) is 5.91 Å². The minimum absolute atomic E-state index is 0.145. The van der Waals surface area contributed by atoms with Gasteiger partial charge in [-0.25, -0.2) is 0 Å². The smallest absolute Gasteiger partial charge is 0.222 e. The van der Waals surface area contributed by atoms with Crippen molar-refractivity contribution in [2.45, 2.75) is 57.1 Å². The Morgan fingerprint density at radius 1 is 1.24 bits per heavy atom. The zero-order valence-corrected chi connectivity index (χ0v) is 10.5. The highest BCUT2D eigenvalue weighted by Gasteiger charge is 2.21. The molecule has 1 heterocycles. The van der Waals surface area contributed by atoms with Gasteiger partial charge in [-0.15, -0.1) is 0 Å². The minimum Gasteiger partial charge on any atom is -0.378 e. The lowest BCUT2D eigenvalue weighted by Gasteiger charge is -2.26. The molecule has 3 N–H and O–H groups in total. The molecule has 17 heavy (non-hydrogen) atoms. The van der Waals surface area contributed by atoms with Gasteiger partial charge >= 0.3 is 0 Å². The Morgan fingerprint density at radius 2 is 2.00 bits per heavy atom. The van der Waals surface area contributed by atoms with Crippen molar-refractivity contribution in [3.63, 3.8) is 0 Å². The summed E-state index contributed by atoms with van der Waals surface area (Å²) in [5, 5.41) is 3.03. The number of carbonyl (C=O) groups excluding carboxylic acids is 1. The summed E-state index contributed by atoms with van der Waals surface area (Å²) in [6, 6.07) is 0.383. The van der Waals surface area contributed by atoms with Gasteiger partial charge in [-0.2, -0.15) is 0 Å². The normalized spacial score (nSPS) is 33.6. The summed E-state index contributed by atoms with van der Waals surface area (Å²) in [7, 11) is 0. The quantitative estimate of drug-likeness (QED) is 0.776. The van der Waals surface area contributed by atoms with Crippen LogP contribution in [0.2, 0.25) is 0 Å². The Kier molecular flexibility index (Phi) is 4.80. The topological polar surface area (TPSA) is 64.3 Å². The third-order valence-electron chi connectivity index (χ3n) is 3.92. The van der Waals surface area contributed by atoms with Gasteiger partial charge in [-0.05, 0) is 44.4 Å². The SMILES string of the molecule is NC1CCC(CNC(=O)CC2CCCO2)CC1. The maximum Gasteiger partial charge on any atom is 0.222 e. The molecule has 2 rings (SSSR count). The minimum atomic E-state index is 0.145. The Labute approximate surface area is 103 Å². The first-order chi connectivity index (χ1) is 8.24. The highest BCUT2D eigenvalue weighted by molar-refractivity contribution is 5.76. The summed E-state index contributed by atoms with van der Waals surface area (Å²) in [5.74, 6) is 0.773. The van der Waals surface area contributed by atoms with E-state index in [1.165, 1.54) is 0 Å². The molecular weight excluding hydrogens is 216 g/mol. The highest BCUT2D eigenvalue weighted by Crippen LogP contribution is 2.22. The second-order valence-electron chi connectivity index (χ2n) is 5.42. The van der Waals surface area contributed by atoms with E-state index in [4.69, 9.17) is 10.5 Å². The lowest BCUT2D eigenvalue weighted by Crippen LogP contribution is -2.35. The van der Waals surface area contributed by atoms with E-state index in [0.29, 0.717) is 18.4 Å². The largest absolute Gasteiger partial charge is 0.378 e. The van der Waals surface area contributed by atoms with Crippen LogP contribution in [-0.4, -0.2) is 31.2 Å². The van der Waals surface area contributed by atoms with Crippen molar-refractivity contribution in [3.05, 3.63) is 0 Å². The predicted molar refractivity (Wildman–Crippen MR) is 66.5 cm³/mol. The molecule has 0 aromatic rings. The van der Waals surface area contributed by atoms with Gasteiger partial charge in [-0.1, -0.05) is 0 Å². The number of hydrogen-bond donors (Lipinski definition) is 2. The van der Waals surface area contributed by atoms with Crippen molar-refractivity contribution < 1.29 is 9.53 Å². The molecule has 1 aliphatic heterocycles. The molecule has 0 aromatic carbocycles. The summed E-state index contributed by atoms with van der Waals surface area (Å²) in [5.41, 5.74) is 5.86. The van der Waals surface area contributed by atoms with Crippen molar-refractivity contribution in [2.24, 2.45) is 11.7 Å². The molecule has 0 radical (unpaired) electrons. The molecule has 1 aliphatic carbocycles. The average Bonchev–Trinajstić information content (AvgIpc) is 2.81. The van der Waals surface area contributed by atoms with E-state index < -0.39 is 0 Å². The third kappa shape index (κ3) is 4.28. The molecule has 0 bridgehead atoms. The Hall–Kier alpha value is -0.610. The van der Waals surface area contributed by atoms with Gasteiger partial charge in [0.1, 0.15) is 0 Å². The fraction of sp³-hybridized carbons (Fsp3) is 0.923. The first kappa shape index (κ1) is 12.8. The fourth-order valence-corrected chi connectivity index (χ4v) is 2.73. The molecule has 4 heteroatoms. The van der Waals surface area contributed by atoms with Crippen LogP contribution in [0.4, 0.5) is 0 Å². The van der Waals surface area contributed by atoms with Crippen molar-refractivity contribution in [1.82, 2.24) is 5.32 Å². The maximum absolute atomic E-state index is 11.7. The van der Waals surface area contributed by atoms with Crippen LogP contribution in [0.5, 0.6) is 0 Å². The van der Waals surface area contributed by atoms with E-state index in [9.17, 15) is 4.79 Å². The van der Waals surface area contributed by atoms with Crippen LogP contribution in [0.25, 0.3) is 0 Å². The van der Waals surface area contributed by atoms with Gasteiger partial charge in [0.15, 0.2) is 0 Å². The number of nitrogens with two attached hydrogens (primary N) is 1. The second kappa shape index (κ2) is 6.36. The van der Waals surface area contributed by atoms with Crippen LogP contribution < -0.4 is 11.1 Å². The lowest BCUT2D eigenvalue weighted by atomic mass is 9.86. The van der Waals surface area contributed by atoms with Crippen molar-refractivity contribution in [1.29, 1.82) is 0 Å². The number of amides is 1. The summed E-state index contributed by atoms with van der Waals surface area (Å²) in [6.45, 7) is 1.64. The van der Waals surface area contributed by atoms with Crippen LogP contribution in [-0.2, 0) is 9.53 Å². The summed E-state index contributed by atoms with van der Waals surface area (Å²) in [6.07, 6.45) is 7.34.